The van der Waals surface area contributed by atoms with E-state index in [1.54, 1.807) is 18.2 Å². The van der Waals surface area contributed by atoms with Crippen LogP contribution in [-0.4, -0.2) is 10.1 Å². The highest BCUT2D eigenvalue weighted by molar-refractivity contribution is 6.35. The number of nitrogens with zero attached hydrogens (tertiary/aromatic N) is 2. The van der Waals surface area contributed by atoms with Crippen molar-refractivity contribution in [3.05, 3.63) is 40.0 Å². The molecule has 1 aromatic heterocycles. The monoisotopic (exact) mass is 286 g/mol. The second-order valence-electron chi connectivity index (χ2n) is 3.74. The molecule has 1 unspecified atom stereocenters. The van der Waals surface area contributed by atoms with Gasteiger partial charge in [0.15, 0.2) is 11.9 Å². The van der Waals surface area contributed by atoms with E-state index >= 15 is 0 Å². The van der Waals surface area contributed by atoms with E-state index in [4.69, 9.17) is 32.5 Å². The number of aryl methyl sites for hydroxylation is 1. The van der Waals surface area contributed by atoms with Crippen molar-refractivity contribution in [3.63, 3.8) is 0 Å². The summed E-state index contributed by atoms with van der Waals surface area (Å²) in [5.41, 5.74) is 0. The van der Waals surface area contributed by atoms with Gasteiger partial charge in [-0.25, -0.2) is 0 Å². The molecule has 2 rings (SSSR count). The second-order valence-corrected chi connectivity index (χ2v) is 4.58. The van der Waals surface area contributed by atoms with Gasteiger partial charge in [0.1, 0.15) is 5.75 Å². The molecule has 0 aliphatic rings. The summed E-state index contributed by atoms with van der Waals surface area (Å²) in [4.78, 5) is 4.20. The van der Waals surface area contributed by atoms with E-state index in [0.29, 0.717) is 27.5 Å². The van der Waals surface area contributed by atoms with Crippen molar-refractivity contribution in [2.45, 2.75) is 26.4 Å². The Labute approximate surface area is 115 Å². The van der Waals surface area contributed by atoms with Crippen LogP contribution >= 0.6 is 23.2 Å². The summed E-state index contributed by atoms with van der Waals surface area (Å²) in [6, 6.07) is 5.04. The van der Waals surface area contributed by atoms with Crippen molar-refractivity contribution in [3.8, 4) is 5.75 Å². The van der Waals surface area contributed by atoms with Crippen LogP contribution < -0.4 is 4.74 Å². The molecule has 0 radical (unpaired) electrons. The summed E-state index contributed by atoms with van der Waals surface area (Å²) in [5, 5.41) is 4.82. The molecule has 0 N–H and O–H groups in total. The van der Waals surface area contributed by atoms with Crippen molar-refractivity contribution < 1.29 is 9.26 Å². The Bertz CT molecular complexity index is 543. The van der Waals surface area contributed by atoms with Gasteiger partial charge >= 0.3 is 0 Å². The third-order valence-corrected chi connectivity index (χ3v) is 2.88. The van der Waals surface area contributed by atoms with E-state index in [-0.39, 0.29) is 6.10 Å². The molecule has 0 spiro atoms. The van der Waals surface area contributed by atoms with Crippen molar-refractivity contribution in [1.29, 1.82) is 0 Å². The topological polar surface area (TPSA) is 48.2 Å². The summed E-state index contributed by atoms with van der Waals surface area (Å²) >= 11 is 11.8. The first-order valence-corrected chi connectivity index (χ1v) is 6.30. The standard InChI is InChI=1S/C12H12Cl2N2O2/c1-3-11-15-12(18-16-11)7(2)17-10-5-4-8(13)6-9(10)14/h4-7H,3H2,1-2H3. The zero-order valence-electron chi connectivity index (χ0n) is 9.98. The number of hydrogen-bond donors (Lipinski definition) is 0. The number of halogens is 2. The number of rotatable bonds is 4. The van der Waals surface area contributed by atoms with Crippen LogP contribution in [0.4, 0.5) is 0 Å². The molecule has 0 aliphatic heterocycles. The lowest BCUT2D eigenvalue weighted by Gasteiger charge is -2.12. The predicted octanol–water partition coefficient (Wildman–Crippen LogP) is 4.08. The average Bonchev–Trinajstić information content (AvgIpc) is 2.81. The molecule has 1 atom stereocenters. The summed E-state index contributed by atoms with van der Waals surface area (Å²) in [5.74, 6) is 1.62. The lowest BCUT2D eigenvalue weighted by atomic mass is 10.3. The van der Waals surface area contributed by atoms with E-state index in [1.165, 1.54) is 0 Å². The van der Waals surface area contributed by atoms with E-state index in [1.807, 2.05) is 13.8 Å². The third kappa shape index (κ3) is 2.94. The molecule has 2 aromatic rings. The summed E-state index contributed by atoms with van der Waals surface area (Å²) in [6.45, 7) is 3.77. The Morgan fingerprint density at radius 1 is 1.39 bits per heavy atom. The van der Waals surface area contributed by atoms with Gasteiger partial charge in [0.2, 0.25) is 0 Å². The number of hydrogen-bond acceptors (Lipinski definition) is 4. The van der Waals surface area contributed by atoms with Gasteiger partial charge in [0.05, 0.1) is 5.02 Å². The molecule has 96 valence electrons. The molecule has 18 heavy (non-hydrogen) atoms. The number of ether oxygens (including phenoxy) is 1. The van der Waals surface area contributed by atoms with Gasteiger partial charge in [-0.15, -0.1) is 0 Å². The molecule has 0 bridgehead atoms. The lowest BCUT2D eigenvalue weighted by Crippen LogP contribution is -2.04. The molecule has 0 fully saturated rings. The highest BCUT2D eigenvalue weighted by atomic mass is 35.5. The van der Waals surface area contributed by atoms with E-state index in [9.17, 15) is 0 Å². The summed E-state index contributed by atoms with van der Waals surface area (Å²) in [7, 11) is 0. The van der Waals surface area contributed by atoms with Crippen LogP contribution in [0.5, 0.6) is 5.75 Å². The zero-order valence-corrected chi connectivity index (χ0v) is 11.5. The first kappa shape index (κ1) is 13.2. The molecule has 0 saturated carbocycles. The van der Waals surface area contributed by atoms with Crippen LogP contribution in [0.25, 0.3) is 0 Å². The highest BCUT2D eigenvalue weighted by Gasteiger charge is 2.16. The molecule has 0 saturated heterocycles. The Morgan fingerprint density at radius 3 is 2.78 bits per heavy atom. The van der Waals surface area contributed by atoms with Gasteiger partial charge in [0.25, 0.3) is 5.89 Å². The first-order valence-electron chi connectivity index (χ1n) is 5.54. The van der Waals surface area contributed by atoms with Crippen LogP contribution in [0.2, 0.25) is 10.0 Å². The fraction of sp³-hybridized carbons (Fsp3) is 0.333. The maximum atomic E-state index is 6.02. The molecule has 0 amide bonds. The van der Waals surface area contributed by atoms with Crippen LogP contribution in [0.1, 0.15) is 31.7 Å². The third-order valence-electron chi connectivity index (χ3n) is 2.35. The van der Waals surface area contributed by atoms with Crippen molar-refractivity contribution in [2.75, 3.05) is 0 Å². The van der Waals surface area contributed by atoms with Crippen molar-refractivity contribution in [1.82, 2.24) is 10.1 Å². The van der Waals surface area contributed by atoms with Gasteiger partial charge in [-0.1, -0.05) is 35.3 Å². The molecular weight excluding hydrogens is 275 g/mol. The minimum absolute atomic E-state index is 0.364. The second kappa shape index (κ2) is 5.59. The maximum Gasteiger partial charge on any atom is 0.267 e. The maximum absolute atomic E-state index is 6.02. The molecule has 0 aliphatic carbocycles. The van der Waals surface area contributed by atoms with Crippen LogP contribution in [0, 0.1) is 0 Å². The van der Waals surface area contributed by atoms with Gasteiger partial charge in [-0.05, 0) is 25.1 Å². The van der Waals surface area contributed by atoms with Crippen LogP contribution in [0.15, 0.2) is 22.7 Å². The summed E-state index contributed by atoms with van der Waals surface area (Å²) < 4.78 is 10.8. The molecule has 6 heteroatoms. The van der Waals surface area contributed by atoms with Crippen LogP contribution in [0.3, 0.4) is 0 Å². The predicted molar refractivity (Wildman–Crippen MR) is 69.2 cm³/mol. The molecule has 1 aromatic carbocycles. The number of aromatic nitrogens is 2. The van der Waals surface area contributed by atoms with Gasteiger partial charge in [-0.2, -0.15) is 4.98 Å². The Morgan fingerprint density at radius 2 is 2.17 bits per heavy atom. The smallest absolute Gasteiger partial charge is 0.267 e. The first-order chi connectivity index (χ1) is 8.60. The average molecular weight is 287 g/mol. The molecule has 1 heterocycles. The Balaban J connectivity index is 2.13. The molecular formula is C12H12Cl2N2O2. The van der Waals surface area contributed by atoms with Crippen molar-refractivity contribution >= 4 is 23.2 Å². The fourth-order valence-electron chi connectivity index (χ4n) is 1.39. The van der Waals surface area contributed by atoms with E-state index < -0.39 is 0 Å². The summed E-state index contributed by atoms with van der Waals surface area (Å²) in [6.07, 6.45) is 0.356. The quantitative estimate of drug-likeness (QED) is 0.850. The Kier molecular flexibility index (Phi) is 4.09. The normalized spacial score (nSPS) is 12.4. The van der Waals surface area contributed by atoms with Crippen LogP contribution in [-0.2, 0) is 6.42 Å². The Hall–Kier alpha value is -1.26. The molecule has 4 nitrogen and oxygen atoms in total. The minimum Gasteiger partial charge on any atom is -0.479 e. The van der Waals surface area contributed by atoms with Crippen molar-refractivity contribution in [2.24, 2.45) is 0 Å². The van der Waals surface area contributed by atoms with E-state index in [0.717, 1.165) is 6.42 Å². The van der Waals surface area contributed by atoms with E-state index in [2.05, 4.69) is 10.1 Å². The largest absolute Gasteiger partial charge is 0.479 e. The lowest BCUT2D eigenvalue weighted by molar-refractivity contribution is 0.176. The van der Waals surface area contributed by atoms with Gasteiger partial charge in [-0.3, -0.25) is 0 Å². The van der Waals surface area contributed by atoms with Gasteiger partial charge in [0, 0.05) is 11.4 Å². The zero-order chi connectivity index (χ0) is 13.1. The fourth-order valence-corrected chi connectivity index (χ4v) is 1.84. The minimum atomic E-state index is -0.364. The SMILES string of the molecule is CCc1noc(C(C)Oc2ccc(Cl)cc2Cl)n1. The van der Waals surface area contributed by atoms with Gasteiger partial charge < -0.3 is 9.26 Å². The number of benzene rings is 1. The highest BCUT2D eigenvalue weighted by Crippen LogP contribution is 2.30.